The summed E-state index contributed by atoms with van der Waals surface area (Å²) in [7, 11) is 0. The fraction of sp³-hybridized carbons (Fsp3) is 0.615. The molecule has 0 amide bonds. The van der Waals surface area contributed by atoms with Crippen molar-refractivity contribution in [2.75, 3.05) is 5.73 Å². The number of aromatic nitrogens is 1. The van der Waals surface area contributed by atoms with Crippen LogP contribution in [-0.4, -0.2) is 4.98 Å². The maximum atomic E-state index is 5.98. The van der Waals surface area contributed by atoms with Gasteiger partial charge in [0.2, 0.25) is 0 Å². The van der Waals surface area contributed by atoms with E-state index in [0.717, 1.165) is 17.5 Å². The van der Waals surface area contributed by atoms with Crippen LogP contribution in [0.25, 0.3) is 0 Å². The van der Waals surface area contributed by atoms with Crippen LogP contribution < -0.4 is 5.73 Å². The fourth-order valence-electron chi connectivity index (χ4n) is 2.99. The van der Waals surface area contributed by atoms with Gasteiger partial charge in [0.05, 0.1) is 11.9 Å². The average molecular weight is 204 g/mol. The van der Waals surface area contributed by atoms with Crippen LogP contribution in [0.4, 0.5) is 5.69 Å². The molecule has 0 radical (unpaired) electrons. The molecule has 15 heavy (non-hydrogen) atoms. The Balaban J connectivity index is 2.20. The third-order valence-corrected chi connectivity index (χ3v) is 3.51. The number of hydrogen-bond donors (Lipinski definition) is 1. The van der Waals surface area contributed by atoms with Crippen LogP contribution in [0.15, 0.2) is 18.5 Å². The van der Waals surface area contributed by atoms with E-state index < -0.39 is 0 Å². The van der Waals surface area contributed by atoms with E-state index in [0.29, 0.717) is 5.92 Å². The van der Waals surface area contributed by atoms with Gasteiger partial charge in [-0.15, -0.1) is 0 Å². The van der Waals surface area contributed by atoms with Crippen LogP contribution >= 0.6 is 0 Å². The quantitative estimate of drug-likeness (QED) is 0.763. The van der Waals surface area contributed by atoms with Crippen molar-refractivity contribution in [2.24, 2.45) is 11.8 Å². The fourth-order valence-corrected chi connectivity index (χ4v) is 2.99. The van der Waals surface area contributed by atoms with Crippen molar-refractivity contribution >= 4 is 5.69 Å². The summed E-state index contributed by atoms with van der Waals surface area (Å²) in [5.74, 6) is 2.30. The summed E-state index contributed by atoms with van der Waals surface area (Å²) < 4.78 is 0. The molecule has 1 saturated carbocycles. The molecular weight excluding hydrogens is 184 g/mol. The number of hydrogen-bond acceptors (Lipinski definition) is 2. The zero-order valence-electron chi connectivity index (χ0n) is 9.61. The normalized spacial score (nSPS) is 31.5. The highest BCUT2D eigenvalue weighted by Gasteiger charge is 2.25. The molecule has 1 fully saturated rings. The van der Waals surface area contributed by atoms with Gasteiger partial charge in [-0.05, 0) is 48.6 Å². The molecule has 3 atom stereocenters. The van der Waals surface area contributed by atoms with E-state index in [1.54, 1.807) is 6.20 Å². The zero-order chi connectivity index (χ0) is 10.8. The van der Waals surface area contributed by atoms with Crippen LogP contribution in [0.2, 0.25) is 0 Å². The number of pyridine rings is 1. The number of nitrogen functional groups attached to an aromatic ring is 1. The smallest absolute Gasteiger partial charge is 0.0535 e. The second-order valence-electron chi connectivity index (χ2n) is 5.12. The van der Waals surface area contributed by atoms with E-state index in [4.69, 9.17) is 5.73 Å². The van der Waals surface area contributed by atoms with Gasteiger partial charge in [0.25, 0.3) is 0 Å². The Bertz CT molecular complexity index is 325. The van der Waals surface area contributed by atoms with Gasteiger partial charge in [-0.1, -0.05) is 13.8 Å². The van der Waals surface area contributed by atoms with Gasteiger partial charge < -0.3 is 5.73 Å². The molecular formula is C13H20N2. The van der Waals surface area contributed by atoms with Crippen molar-refractivity contribution in [1.82, 2.24) is 4.98 Å². The second kappa shape index (κ2) is 4.21. The third kappa shape index (κ3) is 2.31. The molecule has 1 aliphatic rings. The lowest BCUT2D eigenvalue weighted by molar-refractivity contribution is 0.269. The molecule has 1 aromatic rings. The molecule has 2 N–H and O–H groups in total. The van der Waals surface area contributed by atoms with E-state index in [2.05, 4.69) is 24.9 Å². The first kappa shape index (κ1) is 10.5. The Kier molecular flexibility index (Phi) is 2.94. The van der Waals surface area contributed by atoms with Gasteiger partial charge in [0.15, 0.2) is 0 Å². The van der Waals surface area contributed by atoms with Crippen LogP contribution in [0.1, 0.15) is 44.6 Å². The van der Waals surface area contributed by atoms with Crippen molar-refractivity contribution in [3.63, 3.8) is 0 Å². The minimum Gasteiger partial charge on any atom is -0.397 e. The standard InChI is InChI=1S/C13H20N2/c1-9-5-10(2)7-11(6-9)12-3-4-15-8-13(12)14/h3-4,8-11H,5-7,14H2,1-2H3/t9-,10+,11?. The second-order valence-corrected chi connectivity index (χ2v) is 5.12. The summed E-state index contributed by atoms with van der Waals surface area (Å²) in [4.78, 5) is 4.05. The number of anilines is 1. The van der Waals surface area contributed by atoms with Crippen LogP contribution in [0.5, 0.6) is 0 Å². The van der Waals surface area contributed by atoms with E-state index in [-0.39, 0.29) is 0 Å². The molecule has 1 aliphatic carbocycles. The minimum absolute atomic E-state index is 0.645. The monoisotopic (exact) mass is 204 g/mol. The Morgan fingerprint density at radius 3 is 2.47 bits per heavy atom. The molecule has 1 heterocycles. The van der Waals surface area contributed by atoms with Gasteiger partial charge in [0.1, 0.15) is 0 Å². The van der Waals surface area contributed by atoms with Crippen molar-refractivity contribution in [2.45, 2.75) is 39.0 Å². The van der Waals surface area contributed by atoms with Gasteiger partial charge >= 0.3 is 0 Å². The van der Waals surface area contributed by atoms with Crippen LogP contribution in [0.3, 0.4) is 0 Å². The molecule has 1 unspecified atom stereocenters. The summed E-state index contributed by atoms with van der Waals surface area (Å²) >= 11 is 0. The SMILES string of the molecule is C[C@@H]1CC(c2ccncc2N)C[C@H](C)C1. The van der Waals surface area contributed by atoms with E-state index in [9.17, 15) is 0 Å². The number of nitrogens with two attached hydrogens (primary N) is 1. The molecule has 2 nitrogen and oxygen atoms in total. The number of rotatable bonds is 1. The van der Waals surface area contributed by atoms with Crippen molar-refractivity contribution in [3.8, 4) is 0 Å². The molecule has 2 rings (SSSR count). The minimum atomic E-state index is 0.645. The summed E-state index contributed by atoms with van der Waals surface area (Å²) in [6.07, 6.45) is 7.55. The third-order valence-electron chi connectivity index (χ3n) is 3.51. The maximum Gasteiger partial charge on any atom is 0.0535 e. The summed E-state index contributed by atoms with van der Waals surface area (Å²) in [5.41, 5.74) is 8.15. The highest BCUT2D eigenvalue weighted by molar-refractivity contribution is 5.46. The summed E-state index contributed by atoms with van der Waals surface area (Å²) in [6, 6.07) is 2.09. The predicted octanol–water partition coefficient (Wildman–Crippen LogP) is 3.20. The Morgan fingerprint density at radius 2 is 1.87 bits per heavy atom. The van der Waals surface area contributed by atoms with Gasteiger partial charge in [-0.25, -0.2) is 0 Å². The number of nitrogens with zero attached hydrogens (tertiary/aromatic N) is 1. The lowest BCUT2D eigenvalue weighted by atomic mass is 9.74. The van der Waals surface area contributed by atoms with E-state index in [1.165, 1.54) is 24.8 Å². The molecule has 1 aromatic heterocycles. The van der Waals surface area contributed by atoms with Gasteiger partial charge in [-0.3, -0.25) is 4.98 Å². The largest absolute Gasteiger partial charge is 0.397 e. The molecule has 0 aliphatic heterocycles. The van der Waals surface area contributed by atoms with Crippen LogP contribution in [-0.2, 0) is 0 Å². The van der Waals surface area contributed by atoms with Crippen molar-refractivity contribution < 1.29 is 0 Å². The van der Waals surface area contributed by atoms with Crippen molar-refractivity contribution in [1.29, 1.82) is 0 Å². The predicted molar refractivity (Wildman–Crippen MR) is 63.6 cm³/mol. The summed E-state index contributed by atoms with van der Waals surface area (Å²) in [6.45, 7) is 4.69. The summed E-state index contributed by atoms with van der Waals surface area (Å²) in [5, 5.41) is 0. The maximum absolute atomic E-state index is 5.98. The van der Waals surface area contributed by atoms with Gasteiger partial charge in [-0.2, -0.15) is 0 Å². The first-order valence-electron chi connectivity index (χ1n) is 5.86. The average Bonchev–Trinajstić information content (AvgIpc) is 2.16. The van der Waals surface area contributed by atoms with Crippen LogP contribution in [0, 0.1) is 11.8 Å². The first-order valence-corrected chi connectivity index (χ1v) is 5.86. The van der Waals surface area contributed by atoms with E-state index >= 15 is 0 Å². The molecule has 0 spiro atoms. The topological polar surface area (TPSA) is 38.9 Å². The molecule has 0 bridgehead atoms. The molecule has 2 heteroatoms. The molecule has 0 aromatic carbocycles. The highest BCUT2D eigenvalue weighted by atomic mass is 14.7. The lowest BCUT2D eigenvalue weighted by Gasteiger charge is -2.32. The Labute approximate surface area is 91.9 Å². The lowest BCUT2D eigenvalue weighted by Crippen LogP contribution is -2.19. The zero-order valence-corrected chi connectivity index (χ0v) is 9.61. The first-order chi connectivity index (χ1) is 7.16. The Hall–Kier alpha value is -1.05. The molecule has 0 saturated heterocycles. The highest BCUT2D eigenvalue weighted by Crippen LogP contribution is 2.40. The molecule has 82 valence electrons. The van der Waals surface area contributed by atoms with E-state index in [1.807, 2.05) is 6.20 Å². The van der Waals surface area contributed by atoms with Crippen molar-refractivity contribution in [3.05, 3.63) is 24.0 Å². The van der Waals surface area contributed by atoms with Gasteiger partial charge in [0, 0.05) is 6.20 Å². The Morgan fingerprint density at radius 1 is 1.20 bits per heavy atom.